The van der Waals surface area contributed by atoms with E-state index >= 15 is 0 Å². The first-order valence-corrected chi connectivity index (χ1v) is 17.7. The molecule has 1 aliphatic heterocycles. The fourth-order valence-electron chi connectivity index (χ4n) is 6.58. The van der Waals surface area contributed by atoms with Gasteiger partial charge in [-0.25, -0.2) is 0 Å². The number of carbonyl (C=O) groups is 2. The normalized spacial score (nSPS) is 16.1. The van der Waals surface area contributed by atoms with Gasteiger partial charge in [0.15, 0.2) is 0 Å². The Labute approximate surface area is 286 Å². The van der Waals surface area contributed by atoms with Crippen LogP contribution in [0.4, 0.5) is 0 Å². The molecule has 256 valence electrons. The van der Waals surface area contributed by atoms with Crippen LogP contribution < -0.4 is 14.8 Å². The second-order valence-corrected chi connectivity index (χ2v) is 13.8. The van der Waals surface area contributed by atoms with Gasteiger partial charge in [0, 0.05) is 24.7 Å². The molecule has 1 unspecified atom stereocenters. The highest BCUT2D eigenvalue weighted by Gasteiger charge is 2.30. The van der Waals surface area contributed by atoms with E-state index in [0.717, 1.165) is 73.8 Å². The number of carbonyl (C=O) groups excluding carboxylic acids is 2. The van der Waals surface area contributed by atoms with Crippen LogP contribution in [0.15, 0.2) is 79.4 Å². The SMILES string of the molecule is C=C(C)c1cc(C(=O)N2CCC(CNC(CC(C)C)C(=O)OC3CCCC3)CC2)c(OCc2ccccc2)cc1OCc1ccccc1. The second kappa shape index (κ2) is 17.3. The van der Waals surface area contributed by atoms with Crippen molar-refractivity contribution < 1.29 is 23.8 Å². The number of nitrogens with one attached hydrogen (secondary N) is 1. The van der Waals surface area contributed by atoms with Gasteiger partial charge in [-0.3, -0.25) is 9.59 Å². The van der Waals surface area contributed by atoms with Crippen LogP contribution in [0, 0.1) is 11.8 Å². The number of piperidine rings is 1. The van der Waals surface area contributed by atoms with Crippen LogP contribution in [0.1, 0.15) is 92.8 Å². The molecule has 0 radical (unpaired) electrons. The summed E-state index contributed by atoms with van der Waals surface area (Å²) in [5.74, 6) is 1.72. The highest BCUT2D eigenvalue weighted by Crippen LogP contribution is 2.35. The number of amides is 1. The average molecular weight is 653 g/mol. The zero-order chi connectivity index (χ0) is 33.9. The molecule has 0 spiro atoms. The van der Waals surface area contributed by atoms with Gasteiger partial charge < -0.3 is 24.4 Å². The van der Waals surface area contributed by atoms with Gasteiger partial charge >= 0.3 is 5.97 Å². The van der Waals surface area contributed by atoms with Gasteiger partial charge in [0.05, 0.1) is 5.56 Å². The van der Waals surface area contributed by atoms with Crippen molar-refractivity contribution >= 4 is 17.4 Å². The van der Waals surface area contributed by atoms with Gasteiger partial charge in [0.2, 0.25) is 0 Å². The Morgan fingerprint density at radius 3 is 1.94 bits per heavy atom. The molecule has 7 nitrogen and oxygen atoms in total. The molecule has 0 bridgehead atoms. The minimum Gasteiger partial charge on any atom is -0.488 e. The molecule has 3 aromatic rings. The number of nitrogens with zero attached hydrogens (tertiary/aromatic N) is 1. The summed E-state index contributed by atoms with van der Waals surface area (Å²) < 4.78 is 18.5. The minimum absolute atomic E-state index is 0.0561. The Morgan fingerprint density at radius 2 is 1.40 bits per heavy atom. The Kier molecular flexibility index (Phi) is 12.7. The second-order valence-electron chi connectivity index (χ2n) is 13.8. The lowest BCUT2D eigenvalue weighted by atomic mass is 9.94. The molecule has 5 rings (SSSR count). The number of ether oxygens (including phenoxy) is 3. The molecular weight excluding hydrogens is 600 g/mol. The first-order valence-electron chi connectivity index (χ1n) is 17.7. The number of esters is 1. The van der Waals surface area contributed by atoms with Gasteiger partial charge in [-0.2, -0.15) is 0 Å². The minimum atomic E-state index is -0.294. The maximum Gasteiger partial charge on any atom is 0.323 e. The molecule has 1 aliphatic carbocycles. The lowest BCUT2D eigenvalue weighted by molar-refractivity contribution is -0.151. The van der Waals surface area contributed by atoms with Crippen molar-refractivity contribution in [1.82, 2.24) is 10.2 Å². The van der Waals surface area contributed by atoms with Crippen molar-refractivity contribution in [3.8, 4) is 11.5 Å². The van der Waals surface area contributed by atoms with E-state index in [0.29, 0.717) is 55.2 Å². The summed E-state index contributed by atoms with van der Waals surface area (Å²) in [6.07, 6.45) is 6.77. The standard InChI is InChI=1S/C41H52N2O5/c1-29(2)23-37(41(45)48-34-17-11-12-18-34)42-26-31-19-21-43(22-20-31)40(44)36-24-35(30(3)4)38(46-27-32-13-7-5-8-14-32)25-39(36)47-28-33-15-9-6-10-16-33/h5-10,13-16,24-25,29,31,34,37,42H,3,11-12,17-23,26-28H2,1-2,4H3. The lowest BCUT2D eigenvalue weighted by Gasteiger charge is -2.33. The quantitative estimate of drug-likeness (QED) is 0.167. The van der Waals surface area contributed by atoms with E-state index in [2.05, 4.69) is 25.7 Å². The molecule has 2 fully saturated rings. The lowest BCUT2D eigenvalue weighted by Crippen LogP contribution is -2.45. The molecule has 0 aromatic heterocycles. The number of hydrogen-bond acceptors (Lipinski definition) is 6. The number of allylic oxidation sites excluding steroid dienone is 1. The summed E-state index contributed by atoms with van der Waals surface area (Å²) in [6.45, 7) is 13.1. The van der Waals surface area contributed by atoms with Gasteiger partial charge in [-0.1, -0.05) is 81.1 Å². The van der Waals surface area contributed by atoms with Crippen molar-refractivity contribution in [2.45, 2.75) is 91.1 Å². The maximum absolute atomic E-state index is 14.1. The summed E-state index contributed by atoms with van der Waals surface area (Å²) in [5.41, 5.74) is 4.19. The zero-order valence-corrected chi connectivity index (χ0v) is 28.9. The Bertz CT molecular complexity index is 1490. The number of benzene rings is 3. The molecule has 7 heteroatoms. The molecule has 48 heavy (non-hydrogen) atoms. The van der Waals surface area contributed by atoms with Gasteiger partial charge in [-0.15, -0.1) is 0 Å². The molecule has 1 heterocycles. The van der Waals surface area contributed by atoms with Crippen molar-refractivity contribution in [1.29, 1.82) is 0 Å². The molecule has 1 saturated carbocycles. The summed E-state index contributed by atoms with van der Waals surface area (Å²) in [7, 11) is 0. The van der Waals surface area contributed by atoms with E-state index in [1.54, 1.807) is 0 Å². The first-order chi connectivity index (χ1) is 23.3. The Hall–Kier alpha value is -4.10. The summed E-state index contributed by atoms with van der Waals surface area (Å²) in [4.78, 5) is 29.1. The molecule has 1 N–H and O–H groups in total. The van der Waals surface area contributed by atoms with Crippen molar-refractivity contribution in [3.63, 3.8) is 0 Å². The van der Waals surface area contributed by atoms with E-state index in [4.69, 9.17) is 14.2 Å². The third-order valence-corrected chi connectivity index (χ3v) is 9.38. The van der Waals surface area contributed by atoms with Crippen molar-refractivity contribution in [2.75, 3.05) is 19.6 Å². The number of rotatable bonds is 15. The largest absolute Gasteiger partial charge is 0.488 e. The molecule has 1 amide bonds. The van der Waals surface area contributed by atoms with E-state index in [9.17, 15) is 9.59 Å². The topological polar surface area (TPSA) is 77.1 Å². The van der Waals surface area contributed by atoms with Crippen molar-refractivity contribution in [2.24, 2.45) is 11.8 Å². The van der Waals surface area contributed by atoms with E-state index in [1.165, 1.54) is 0 Å². The molecular formula is C41H52N2O5. The van der Waals surface area contributed by atoms with Crippen LogP contribution in [-0.2, 0) is 22.7 Å². The molecule has 3 aromatic carbocycles. The smallest absolute Gasteiger partial charge is 0.323 e. The molecule has 2 aliphatic rings. The number of likely N-dealkylation sites (tertiary alicyclic amines) is 1. The van der Waals surface area contributed by atoms with E-state index < -0.39 is 0 Å². The monoisotopic (exact) mass is 652 g/mol. The maximum atomic E-state index is 14.1. The zero-order valence-electron chi connectivity index (χ0n) is 28.9. The highest BCUT2D eigenvalue weighted by molar-refractivity contribution is 5.98. The van der Waals surface area contributed by atoms with Crippen LogP contribution in [0.3, 0.4) is 0 Å². The van der Waals surface area contributed by atoms with Crippen LogP contribution in [0.5, 0.6) is 11.5 Å². The summed E-state index contributed by atoms with van der Waals surface area (Å²) >= 11 is 0. The summed E-state index contributed by atoms with van der Waals surface area (Å²) in [5, 5.41) is 3.54. The van der Waals surface area contributed by atoms with Gasteiger partial charge in [-0.05, 0) is 93.0 Å². The number of hydrogen-bond donors (Lipinski definition) is 1. The first kappa shape index (κ1) is 35.2. The molecule has 1 saturated heterocycles. The summed E-state index contributed by atoms with van der Waals surface area (Å²) in [6, 6.07) is 23.4. The van der Waals surface area contributed by atoms with E-state index in [-0.39, 0.29) is 24.0 Å². The third kappa shape index (κ3) is 9.96. The van der Waals surface area contributed by atoms with Crippen LogP contribution in [0.25, 0.3) is 5.57 Å². The van der Waals surface area contributed by atoms with Crippen LogP contribution in [0.2, 0.25) is 0 Å². The fourth-order valence-corrected chi connectivity index (χ4v) is 6.58. The average Bonchev–Trinajstić information content (AvgIpc) is 3.61. The third-order valence-electron chi connectivity index (χ3n) is 9.38. The van der Waals surface area contributed by atoms with Crippen LogP contribution >= 0.6 is 0 Å². The Balaban J connectivity index is 1.26. The highest BCUT2D eigenvalue weighted by atomic mass is 16.5. The predicted octanol–water partition coefficient (Wildman–Crippen LogP) is 8.22. The van der Waals surface area contributed by atoms with E-state index in [1.807, 2.05) is 84.6 Å². The van der Waals surface area contributed by atoms with Crippen molar-refractivity contribution in [3.05, 3.63) is 102 Å². The van der Waals surface area contributed by atoms with Gasteiger partial charge in [0.1, 0.15) is 36.9 Å². The fraction of sp³-hybridized carbons (Fsp3) is 0.463. The predicted molar refractivity (Wildman–Crippen MR) is 191 cm³/mol. The molecule has 1 atom stereocenters. The Morgan fingerprint density at radius 1 is 0.833 bits per heavy atom. The van der Waals surface area contributed by atoms with Crippen LogP contribution in [-0.4, -0.2) is 48.6 Å². The van der Waals surface area contributed by atoms with Gasteiger partial charge in [0.25, 0.3) is 5.91 Å².